The van der Waals surface area contributed by atoms with Gasteiger partial charge >= 0.3 is 5.97 Å². The first-order valence-corrected chi connectivity index (χ1v) is 18.1. The van der Waals surface area contributed by atoms with Crippen LogP contribution >= 0.6 is 0 Å². The predicted molar refractivity (Wildman–Crippen MR) is 163 cm³/mol. The summed E-state index contributed by atoms with van der Waals surface area (Å²) in [7, 11) is 1.55. The van der Waals surface area contributed by atoms with Crippen molar-refractivity contribution in [3.05, 3.63) is 29.8 Å². The number of ether oxygens (including phenoxy) is 6. The highest BCUT2D eigenvalue weighted by atomic mass is 28.3. The first-order chi connectivity index (χ1) is 19.1. The van der Waals surface area contributed by atoms with E-state index in [1.54, 1.807) is 12.1 Å². The van der Waals surface area contributed by atoms with Crippen molar-refractivity contribution in [1.29, 1.82) is 0 Å². The van der Waals surface area contributed by atoms with E-state index >= 15 is 0 Å². The van der Waals surface area contributed by atoms with Gasteiger partial charge in [0.2, 0.25) is 5.91 Å². The van der Waals surface area contributed by atoms with Gasteiger partial charge in [0.1, 0.15) is 17.1 Å². The number of anilines is 1. The lowest BCUT2D eigenvalue weighted by atomic mass is 9.92. The largest absolute Gasteiger partial charge is 0.497 e. The summed E-state index contributed by atoms with van der Waals surface area (Å²) >= 11 is 0. The maximum atomic E-state index is 13.4. The van der Waals surface area contributed by atoms with E-state index in [0.29, 0.717) is 17.6 Å². The van der Waals surface area contributed by atoms with E-state index in [1.807, 2.05) is 13.8 Å². The molecule has 1 unspecified atom stereocenters. The number of carbonyl (C=O) groups is 2. The molecule has 1 saturated heterocycles. The molecule has 1 aliphatic heterocycles. The molecule has 0 bridgehead atoms. The molecule has 4 atom stereocenters. The molecular formula is C31H51NO8Si. The van der Waals surface area contributed by atoms with Gasteiger partial charge in [-0.2, -0.15) is 0 Å². The van der Waals surface area contributed by atoms with Crippen LogP contribution in [0.3, 0.4) is 0 Å². The van der Waals surface area contributed by atoms with Crippen LogP contribution in [0, 0.1) is 17.8 Å². The first-order valence-electron chi connectivity index (χ1n) is 14.4. The summed E-state index contributed by atoms with van der Waals surface area (Å²) < 4.78 is 34.2. The lowest BCUT2D eigenvalue weighted by molar-refractivity contribution is -0.150. The number of methoxy groups -OCH3 is 2. The van der Waals surface area contributed by atoms with E-state index in [4.69, 9.17) is 28.4 Å². The van der Waals surface area contributed by atoms with Crippen molar-refractivity contribution in [2.45, 2.75) is 91.6 Å². The fourth-order valence-electron chi connectivity index (χ4n) is 4.31. The summed E-state index contributed by atoms with van der Waals surface area (Å²) in [5.74, 6) is -0.197. The van der Waals surface area contributed by atoms with E-state index in [-0.39, 0.29) is 54.8 Å². The third kappa shape index (κ3) is 11.1. The molecule has 0 aromatic heterocycles. The molecule has 1 aliphatic rings. The molecule has 41 heavy (non-hydrogen) atoms. The molecule has 1 heterocycles. The third-order valence-electron chi connectivity index (χ3n) is 7.10. The molecule has 10 heteroatoms. The highest BCUT2D eigenvalue weighted by Gasteiger charge is 2.44. The Labute approximate surface area is 247 Å². The van der Waals surface area contributed by atoms with Crippen molar-refractivity contribution in [2.75, 3.05) is 32.9 Å². The second kappa shape index (κ2) is 15.2. The molecule has 1 N–H and O–H groups in total. The fraction of sp³-hybridized carbons (Fsp3) is 0.677. The number of amides is 1. The first kappa shape index (κ1) is 34.8. The van der Waals surface area contributed by atoms with Gasteiger partial charge < -0.3 is 33.7 Å². The summed E-state index contributed by atoms with van der Waals surface area (Å²) in [6, 6.07) is 3.96. The van der Waals surface area contributed by atoms with Gasteiger partial charge in [0.15, 0.2) is 12.6 Å². The summed E-state index contributed by atoms with van der Waals surface area (Å²) in [5.41, 5.74) is 0.332. The van der Waals surface area contributed by atoms with Crippen LogP contribution in [0.1, 0.15) is 58.3 Å². The third-order valence-corrected chi connectivity index (χ3v) is 8.81. The Morgan fingerprint density at radius 3 is 2.34 bits per heavy atom. The van der Waals surface area contributed by atoms with Crippen molar-refractivity contribution in [3.8, 4) is 11.5 Å². The molecule has 0 saturated carbocycles. The quantitative estimate of drug-likeness (QED) is 0.106. The number of hydrogen-bond donors (Lipinski definition) is 1. The number of hydrogen-bond acceptors (Lipinski definition) is 8. The lowest BCUT2D eigenvalue weighted by Crippen LogP contribution is -2.32. The van der Waals surface area contributed by atoms with Crippen LogP contribution in [0.15, 0.2) is 24.3 Å². The Kier molecular flexibility index (Phi) is 12.9. The van der Waals surface area contributed by atoms with Crippen molar-refractivity contribution < 1.29 is 38.0 Å². The van der Waals surface area contributed by atoms with E-state index in [9.17, 15) is 9.59 Å². The number of allylic oxidation sites excluding steroid dienone is 1. The van der Waals surface area contributed by atoms with Crippen LogP contribution in [0.5, 0.6) is 11.5 Å². The topological polar surface area (TPSA) is 102 Å². The molecule has 0 aliphatic carbocycles. The van der Waals surface area contributed by atoms with Crippen molar-refractivity contribution >= 4 is 25.6 Å². The van der Waals surface area contributed by atoms with E-state index in [1.165, 1.54) is 14.2 Å². The second-order valence-corrected chi connectivity index (χ2v) is 18.4. The van der Waals surface area contributed by atoms with Crippen LogP contribution in [-0.2, 0) is 23.7 Å². The van der Waals surface area contributed by atoms with Crippen LogP contribution < -0.4 is 14.8 Å². The van der Waals surface area contributed by atoms with Gasteiger partial charge in [0.25, 0.3) is 0 Å². The Bertz CT molecular complexity index is 1050. The van der Waals surface area contributed by atoms with Gasteiger partial charge in [0, 0.05) is 33.2 Å². The number of rotatable bonds is 15. The molecule has 1 aromatic rings. The summed E-state index contributed by atoms with van der Waals surface area (Å²) in [4.78, 5) is 26.7. The normalized spacial score (nSPS) is 20.2. The SMILES string of the molecule is COCOc1cc(OC)cc(NC(=O)C[C@@H]2OC(C)(C)O[C@@H]2C(C)/C=C\[C@@H](C)C(C)C)c1C(=O)OCC[Si](C)(C)C. The Morgan fingerprint density at radius 2 is 1.76 bits per heavy atom. The average molecular weight is 594 g/mol. The monoisotopic (exact) mass is 593 g/mol. The molecular weight excluding hydrogens is 542 g/mol. The van der Waals surface area contributed by atoms with E-state index in [2.05, 4.69) is 64.8 Å². The zero-order chi connectivity index (χ0) is 31.0. The molecule has 1 aromatic carbocycles. The van der Waals surface area contributed by atoms with Crippen LogP contribution in [0.2, 0.25) is 25.7 Å². The highest BCUT2D eigenvalue weighted by Crippen LogP contribution is 2.36. The van der Waals surface area contributed by atoms with Crippen LogP contribution in [0.4, 0.5) is 5.69 Å². The molecule has 1 amide bonds. The number of esters is 1. The maximum Gasteiger partial charge on any atom is 0.344 e. The minimum absolute atomic E-state index is 0.0264. The zero-order valence-corrected chi connectivity index (χ0v) is 27.8. The zero-order valence-electron chi connectivity index (χ0n) is 26.8. The predicted octanol–water partition coefficient (Wildman–Crippen LogP) is 6.51. The van der Waals surface area contributed by atoms with Crippen molar-refractivity contribution in [1.82, 2.24) is 0 Å². The molecule has 2 rings (SSSR count). The number of benzene rings is 1. The standard InChI is InChI=1S/C31H51NO8Si/c1-20(2)21(3)12-13-22(4)29-26(39-31(5,6)40-29)18-27(33)32-24-16-23(36-8)17-25(38-19-35-7)28(24)30(34)37-14-15-41(9,10)11/h12-13,16-17,20-22,26,29H,14-15,18-19H2,1-11H3,(H,32,33)/b13-12-/t21-,22?,26+,29-/m1/s1. The smallest absolute Gasteiger partial charge is 0.344 e. The second-order valence-electron chi connectivity index (χ2n) is 12.8. The summed E-state index contributed by atoms with van der Waals surface area (Å²) in [5, 5.41) is 2.88. The van der Waals surface area contributed by atoms with Gasteiger partial charge in [-0.05, 0) is 31.7 Å². The summed E-state index contributed by atoms with van der Waals surface area (Å²) in [6.07, 6.45) is 3.56. The van der Waals surface area contributed by atoms with Crippen LogP contribution in [0.25, 0.3) is 0 Å². The van der Waals surface area contributed by atoms with E-state index < -0.39 is 25.9 Å². The van der Waals surface area contributed by atoms with Gasteiger partial charge in [0.05, 0.1) is 38.0 Å². The van der Waals surface area contributed by atoms with Crippen LogP contribution in [-0.4, -0.2) is 65.6 Å². The minimum Gasteiger partial charge on any atom is -0.497 e. The molecule has 0 radical (unpaired) electrons. The number of nitrogens with one attached hydrogen (secondary N) is 1. The van der Waals surface area contributed by atoms with Gasteiger partial charge in [-0.25, -0.2) is 4.79 Å². The highest BCUT2D eigenvalue weighted by molar-refractivity contribution is 6.76. The minimum atomic E-state index is -1.43. The Balaban J connectivity index is 2.31. The summed E-state index contributed by atoms with van der Waals surface area (Å²) in [6.45, 7) is 19.1. The van der Waals surface area contributed by atoms with Gasteiger partial charge in [-0.3, -0.25) is 4.79 Å². The molecule has 9 nitrogen and oxygen atoms in total. The Morgan fingerprint density at radius 1 is 1.07 bits per heavy atom. The van der Waals surface area contributed by atoms with Crippen molar-refractivity contribution in [2.24, 2.45) is 17.8 Å². The van der Waals surface area contributed by atoms with Crippen molar-refractivity contribution in [3.63, 3.8) is 0 Å². The molecule has 1 fully saturated rings. The van der Waals surface area contributed by atoms with Gasteiger partial charge in [-0.15, -0.1) is 0 Å². The van der Waals surface area contributed by atoms with E-state index in [0.717, 1.165) is 6.04 Å². The average Bonchev–Trinajstić information content (AvgIpc) is 3.17. The molecule has 232 valence electrons. The fourth-order valence-corrected chi connectivity index (χ4v) is 5.02. The lowest BCUT2D eigenvalue weighted by Gasteiger charge is -2.22. The van der Waals surface area contributed by atoms with Gasteiger partial charge in [-0.1, -0.05) is 59.5 Å². The molecule has 0 spiro atoms. The Hall–Kier alpha value is -2.40. The number of carbonyl (C=O) groups excluding carboxylic acids is 2. The maximum absolute atomic E-state index is 13.4.